The van der Waals surface area contributed by atoms with Crippen LogP contribution in [0.15, 0.2) is 22.7 Å². The molecule has 0 aliphatic heterocycles. The number of hydrogen-bond donors (Lipinski definition) is 1. The minimum Gasteiger partial charge on any atom is -0.395 e. The third-order valence-electron chi connectivity index (χ3n) is 3.61. The maximum atomic E-state index is 13.7. The van der Waals surface area contributed by atoms with E-state index in [9.17, 15) is 4.39 Å². The van der Waals surface area contributed by atoms with Crippen LogP contribution in [0.3, 0.4) is 0 Å². The van der Waals surface area contributed by atoms with Crippen LogP contribution < -0.4 is 0 Å². The Morgan fingerprint density at radius 1 is 1.33 bits per heavy atom. The molecule has 1 aromatic carbocycles. The molecule has 100 valence electrons. The molecule has 0 unspecified atom stereocenters. The lowest BCUT2D eigenvalue weighted by Crippen LogP contribution is -2.35. The molecule has 2 nitrogen and oxygen atoms in total. The Kier molecular flexibility index (Phi) is 5.15. The van der Waals surface area contributed by atoms with Crippen molar-refractivity contribution >= 4 is 15.9 Å². The van der Waals surface area contributed by atoms with E-state index >= 15 is 0 Å². The van der Waals surface area contributed by atoms with Crippen molar-refractivity contribution in [1.82, 2.24) is 4.90 Å². The van der Waals surface area contributed by atoms with Gasteiger partial charge in [0.1, 0.15) is 5.82 Å². The van der Waals surface area contributed by atoms with Crippen molar-refractivity contribution in [3.8, 4) is 0 Å². The second-order valence-corrected chi connectivity index (χ2v) is 5.78. The predicted molar refractivity (Wildman–Crippen MR) is 73.9 cm³/mol. The number of aliphatic hydroxyl groups is 1. The molecule has 1 aliphatic rings. The van der Waals surface area contributed by atoms with E-state index in [0.29, 0.717) is 24.7 Å². The van der Waals surface area contributed by atoms with Crippen molar-refractivity contribution in [3.63, 3.8) is 0 Å². The van der Waals surface area contributed by atoms with Gasteiger partial charge in [-0.15, -0.1) is 0 Å². The van der Waals surface area contributed by atoms with Crippen LogP contribution in [0, 0.1) is 5.82 Å². The molecule has 0 saturated heterocycles. The smallest absolute Gasteiger partial charge is 0.127 e. The molecule has 0 aromatic heterocycles. The van der Waals surface area contributed by atoms with Crippen LogP contribution in [0.5, 0.6) is 0 Å². The average Bonchev–Trinajstić information content (AvgIpc) is 2.87. The molecular weight excluding hydrogens is 297 g/mol. The molecule has 0 spiro atoms. The quantitative estimate of drug-likeness (QED) is 0.901. The number of halogens is 2. The highest BCUT2D eigenvalue weighted by Crippen LogP contribution is 2.26. The third kappa shape index (κ3) is 3.53. The molecule has 0 radical (unpaired) electrons. The van der Waals surface area contributed by atoms with E-state index in [2.05, 4.69) is 20.8 Å². The average molecular weight is 316 g/mol. The van der Waals surface area contributed by atoms with E-state index in [1.165, 1.54) is 18.9 Å². The maximum Gasteiger partial charge on any atom is 0.127 e. The van der Waals surface area contributed by atoms with Gasteiger partial charge < -0.3 is 5.11 Å². The summed E-state index contributed by atoms with van der Waals surface area (Å²) in [7, 11) is 0. The van der Waals surface area contributed by atoms with Crippen LogP contribution in [0.1, 0.15) is 31.2 Å². The Morgan fingerprint density at radius 3 is 2.72 bits per heavy atom. The molecule has 18 heavy (non-hydrogen) atoms. The van der Waals surface area contributed by atoms with Crippen LogP contribution >= 0.6 is 15.9 Å². The van der Waals surface area contributed by atoms with Crippen molar-refractivity contribution < 1.29 is 9.50 Å². The van der Waals surface area contributed by atoms with Gasteiger partial charge in [0.15, 0.2) is 0 Å². The zero-order valence-corrected chi connectivity index (χ0v) is 12.0. The van der Waals surface area contributed by atoms with E-state index in [1.807, 2.05) is 6.07 Å². The topological polar surface area (TPSA) is 23.5 Å². The fraction of sp³-hybridized carbons (Fsp3) is 0.571. The summed E-state index contributed by atoms with van der Waals surface area (Å²) in [5, 5.41) is 9.15. The van der Waals surface area contributed by atoms with Gasteiger partial charge in [-0.25, -0.2) is 4.39 Å². The normalized spacial score (nSPS) is 16.7. The highest BCUT2D eigenvalue weighted by molar-refractivity contribution is 9.10. The summed E-state index contributed by atoms with van der Waals surface area (Å²) in [6.45, 7) is 1.33. The Labute approximate surface area is 116 Å². The molecule has 2 rings (SSSR count). The van der Waals surface area contributed by atoms with Gasteiger partial charge in [0.05, 0.1) is 6.61 Å². The van der Waals surface area contributed by atoms with Crippen molar-refractivity contribution in [1.29, 1.82) is 0 Å². The van der Waals surface area contributed by atoms with Gasteiger partial charge >= 0.3 is 0 Å². The minimum absolute atomic E-state index is 0.131. The zero-order chi connectivity index (χ0) is 13.0. The fourth-order valence-corrected chi connectivity index (χ4v) is 3.08. The second-order valence-electron chi connectivity index (χ2n) is 4.87. The second kappa shape index (κ2) is 6.64. The van der Waals surface area contributed by atoms with Crippen LogP contribution in [-0.2, 0) is 6.54 Å². The number of nitrogens with zero attached hydrogens (tertiary/aromatic N) is 1. The standard InChI is InChI=1S/C14H19BrFNO/c15-12-5-6-14(16)11(9-12)10-17(7-8-18)13-3-1-2-4-13/h5-6,9,13,18H,1-4,7-8,10H2. The zero-order valence-electron chi connectivity index (χ0n) is 10.4. The minimum atomic E-state index is -0.167. The maximum absolute atomic E-state index is 13.7. The van der Waals surface area contributed by atoms with Gasteiger partial charge in [-0.05, 0) is 31.0 Å². The Bertz CT molecular complexity index is 393. The number of benzene rings is 1. The van der Waals surface area contributed by atoms with E-state index in [4.69, 9.17) is 5.11 Å². The predicted octanol–water partition coefficient (Wildman–Crippen LogP) is 3.33. The molecule has 4 heteroatoms. The lowest BCUT2D eigenvalue weighted by Gasteiger charge is -2.28. The molecule has 1 N–H and O–H groups in total. The van der Waals surface area contributed by atoms with Gasteiger partial charge in [-0.3, -0.25) is 4.90 Å². The van der Waals surface area contributed by atoms with Crippen molar-refractivity contribution in [2.24, 2.45) is 0 Å². The molecule has 1 saturated carbocycles. The molecule has 1 aromatic rings. The first-order valence-electron chi connectivity index (χ1n) is 6.49. The summed E-state index contributed by atoms with van der Waals surface area (Å²) < 4.78 is 14.6. The summed E-state index contributed by atoms with van der Waals surface area (Å²) in [5.41, 5.74) is 0.699. The van der Waals surface area contributed by atoms with Gasteiger partial charge in [-0.2, -0.15) is 0 Å². The number of rotatable bonds is 5. The van der Waals surface area contributed by atoms with Gasteiger partial charge in [0.2, 0.25) is 0 Å². The first kappa shape index (κ1) is 14.0. The van der Waals surface area contributed by atoms with Crippen molar-refractivity contribution in [2.45, 2.75) is 38.3 Å². The van der Waals surface area contributed by atoms with Gasteiger partial charge in [0, 0.05) is 29.2 Å². The SMILES string of the molecule is OCCN(Cc1cc(Br)ccc1F)C1CCCC1. The molecule has 1 aliphatic carbocycles. The number of aliphatic hydroxyl groups excluding tert-OH is 1. The van der Waals surface area contributed by atoms with Crippen molar-refractivity contribution in [2.75, 3.05) is 13.2 Å². The molecular formula is C14H19BrFNO. The summed E-state index contributed by atoms with van der Waals surface area (Å²) in [6.07, 6.45) is 4.81. The Hall–Kier alpha value is -0.450. The van der Waals surface area contributed by atoms with Gasteiger partial charge in [0.25, 0.3) is 0 Å². The highest BCUT2D eigenvalue weighted by atomic mass is 79.9. The lowest BCUT2D eigenvalue weighted by molar-refractivity contribution is 0.143. The third-order valence-corrected chi connectivity index (χ3v) is 4.10. The highest BCUT2D eigenvalue weighted by Gasteiger charge is 2.23. The molecule has 0 heterocycles. The Morgan fingerprint density at radius 2 is 2.06 bits per heavy atom. The van der Waals surface area contributed by atoms with Crippen LogP contribution in [-0.4, -0.2) is 29.2 Å². The molecule has 0 amide bonds. The Balaban J connectivity index is 2.09. The van der Waals surface area contributed by atoms with Crippen molar-refractivity contribution in [3.05, 3.63) is 34.1 Å². The molecule has 1 fully saturated rings. The van der Waals surface area contributed by atoms with Gasteiger partial charge in [-0.1, -0.05) is 28.8 Å². The van der Waals surface area contributed by atoms with E-state index in [1.54, 1.807) is 6.07 Å². The van der Waals surface area contributed by atoms with Crippen LogP contribution in [0.2, 0.25) is 0 Å². The summed E-state index contributed by atoms with van der Waals surface area (Å²) in [5.74, 6) is -0.167. The van der Waals surface area contributed by atoms with E-state index in [0.717, 1.165) is 17.3 Å². The number of hydrogen-bond acceptors (Lipinski definition) is 2. The van der Waals surface area contributed by atoms with Crippen LogP contribution in [0.25, 0.3) is 0 Å². The first-order chi connectivity index (χ1) is 8.70. The molecule has 0 atom stereocenters. The largest absolute Gasteiger partial charge is 0.395 e. The fourth-order valence-electron chi connectivity index (χ4n) is 2.67. The monoisotopic (exact) mass is 315 g/mol. The van der Waals surface area contributed by atoms with E-state index < -0.39 is 0 Å². The molecule has 0 bridgehead atoms. The lowest BCUT2D eigenvalue weighted by atomic mass is 10.1. The van der Waals surface area contributed by atoms with E-state index in [-0.39, 0.29) is 12.4 Å². The summed E-state index contributed by atoms with van der Waals surface area (Å²) in [4.78, 5) is 2.21. The first-order valence-corrected chi connectivity index (χ1v) is 7.29. The van der Waals surface area contributed by atoms with Crippen LogP contribution in [0.4, 0.5) is 4.39 Å². The summed E-state index contributed by atoms with van der Waals surface area (Å²) in [6, 6.07) is 5.53. The summed E-state index contributed by atoms with van der Waals surface area (Å²) >= 11 is 3.37.